The Hall–Kier alpha value is -1.29. The first-order valence-corrected chi connectivity index (χ1v) is 7.55. The summed E-state index contributed by atoms with van der Waals surface area (Å²) in [4.78, 5) is 0. The van der Waals surface area contributed by atoms with E-state index in [1.165, 1.54) is 25.7 Å². The summed E-state index contributed by atoms with van der Waals surface area (Å²) in [5, 5.41) is 7.35. The van der Waals surface area contributed by atoms with E-state index in [4.69, 9.17) is 4.52 Å². The molecule has 3 nitrogen and oxygen atoms in total. The molecule has 0 amide bonds. The highest BCUT2D eigenvalue weighted by Crippen LogP contribution is 2.23. The van der Waals surface area contributed by atoms with Gasteiger partial charge >= 0.3 is 0 Å². The van der Waals surface area contributed by atoms with E-state index >= 15 is 0 Å². The number of nitrogens with one attached hydrogen (secondary N) is 1. The lowest BCUT2D eigenvalue weighted by molar-refractivity contribution is 0.434. The van der Waals surface area contributed by atoms with Crippen LogP contribution in [0.3, 0.4) is 0 Å². The molecule has 1 N–H and O–H groups in total. The Labute approximate surface area is 122 Å². The van der Waals surface area contributed by atoms with Crippen LogP contribution in [0, 0.1) is 0 Å². The van der Waals surface area contributed by atoms with Gasteiger partial charge in [0.15, 0.2) is 0 Å². The summed E-state index contributed by atoms with van der Waals surface area (Å²) >= 11 is 3.42. The van der Waals surface area contributed by atoms with Gasteiger partial charge in [0, 0.05) is 22.6 Å². The van der Waals surface area contributed by atoms with E-state index in [9.17, 15) is 0 Å². The number of hydrogen-bond donors (Lipinski definition) is 1. The molecule has 0 radical (unpaired) electrons. The molecule has 2 aromatic rings. The molecule has 0 aliphatic heterocycles. The van der Waals surface area contributed by atoms with Crippen molar-refractivity contribution in [3.05, 3.63) is 34.8 Å². The Morgan fingerprint density at radius 2 is 1.95 bits per heavy atom. The van der Waals surface area contributed by atoms with Gasteiger partial charge in [0.1, 0.15) is 5.69 Å². The van der Waals surface area contributed by atoms with E-state index in [1.54, 1.807) is 0 Å². The lowest BCUT2D eigenvalue weighted by Crippen LogP contribution is -1.99. The normalized spacial score (nSPS) is 10.6. The first-order valence-electron chi connectivity index (χ1n) is 6.76. The average molecular weight is 323 g/mol. The zero-order valence-electron chi connectivity index (χ0n) is 11.2. The van der Waals surface area contributed by atoms with Gasteiger partial charge in [0.05, 0.1) is 0 Å². The van der Waals surface area contributed by atoms with Crippen LogP contribution in [0.2, 0.25) is 0 Å². The number of nitrogens with zero attached hydrogens (tertiary/aromatic N) is 1. The molecule has 0 saturated heterocycles. The topological polar surface area (TPSA) is 38.1 Å². The highest BCUT2D eigenvalue weighted by atomic mass is 79.9. The summed E-state index contributed by atoms with van der Waals surface area (Å²) in [5.74, 6) is 0.745. The predicted octanol–water partition coefficient (Wildman–Crippen LogP) is 5.10. The molecular formula is C15H19BrN2O. The van der Waals surface area contributed by atoms with Crippen LogP contribution in [0.1, 0.15) is 32.6 Å². The lowest BCUT2D eigenvalue weighted by Gasteiger charge is -2.00. The summed E-state index contributed by atoms with van der Waals surface area (Å²) in [6.07, 6.45) is 4.98. The number of hydrogen-bond acceptors (Lipinski definition) is 3. The molecule has 0 atom stereocenters. The average Bonchev–Trinajstić information content (AvgIpc) is 2.88. The molecule has 0 unspecified atom stereocenters. The van der Waals surface area contributed by atoms with Gasteiger partial charge in [-0.3, -0.25) is 0 Å². The van der Waals surface area contributed by atoms with Crippen LogP contribution in [0.4, 0.5) is 5.88 Å². The summed E-state index contributed by atoms with van der Waals surface area (Å²) in [6.45, 7) is 3.16. The van der Waals surface area contributed by atoms with Gasteiger partial charge in [-0.25, -0.2) is 0 Å². The third kappa shape index (κ3) is 4.39. The number of aromatic nitrogens is 1. The molecule has 0 saturated carbocycles. The van der Waals surface area contributed by atoms with Gasteiger partial charge in [-0.15, -0.1) is 0 Å². The summed E-state index contributed by atoms with van der Waals surface area (Å²) in [6, 6.07) is 9.99. The second-order valence-corrected chi connectivity index (χ2v) is 5.49. The van der Waals surface area contributed by atoms with E-state index in [0.29, 0.717) is 0 Å². The quantitative estimate of drug-likeness (QED) is 0.721. The maximum absolute atomic E-state index is 5.28. The van der Waals surface area contributed by atoms with Crippen LogP contribution in [-0.4, -0.2) is 11.7 Å². The number of unbranched alkanes of at least 4 members (excludes halogenated alkanes) is 3. The van der Waals surface area contributed by atoms with Crippen LogP contribution >= 0.6 is 15.9 Å². The predicted molar refractivity (Wildman–Crippen MR) is 82.3 cm³/mol. The van der Waals surface area contributed by atoms with Crippen LogP contribution in [-0.2, 0) is 0 Å². The Bertz CT molecular complexity index is 493. The highest BCUT2D eigenvalue weighted by molar-refractivity contribution is 9.10. The smallest absolute Gasteiger partial charge is 0.225 e. The molecule has 2 rings (SSSR count). The van der Waals surface area contributed by atoms with Crippen molar-refractivity contribution >= 4 is 21.8 Å². The number of rotatable bonds is 7. The van der Waals surface area contributed by atoms with Gasteiger partial charge in [-0.1, -0.05) is 59.4 Å². The van der Waals surface area contributed by atoms with E-state index in [2.05, 4.69) is 33.3 Å². The number of anilines is 1. The van der Waals surface area contributed by atoms with Gasteiger partial charge in [0.25, 0.3) is 0 Å². The maximum Gasteiger partial charge on any atom is 0.225 e. The van der Waals surface area contributed by atoms with Crippen molar-refractivity contribution in [3.63, 3.8) is 0 Å². The lowest BCUT2D eigenvalue weighted by atomic mass is 10.1. The fourth-order valence-electron chi connectivity index (χ4n) is 1.88. The molecule has 0 bridgehead atoms. The molecule has 1 heterocycles. The SMILES string of the molecule is CCCCCCNc1cc(-c2ccc(Br)cc2)no1. The Morgan fingerprint density at radius 1 is 1.16 bits per heavy atom. The number of benzene rings is 1. The highest BCUT2D eigenvalue weighted by Gasteiger charge is 2.05. The van der Waals surface area contributed by atoms with Crippen molar-refractivity contribution in [1.82, 2.24) is 5.16 Å². The van der Waals surface area contributed by atoms with E-state index in [-0.39, 0.29) is 0 Å². The first-order chi connectivity index (χ1) is 9.29. The van der Waals surface area contributed by atoms with Crippen molar-refractivity contribution in [2.24, 2.45) is 0 Å². The minimum Gasteiger partial charge on any atom is -0.354 e. The molecule has 1 aromatic heterocycles. The van der Waals surface area contributed by atoms with Crippen LogP contribution in [0.5, 0.6) is 0 Å². The third-order valence-corrected chi connectivity index (χ3v) is 3.51. The van der Waals surface area contributed by atoms with Crippen molar-refractivity contribution in [1.29, 1.82) is 0 Å². The van der Waals surface area contributed by atoms with Gasteiger partial charge in [-0.2, -0.15) is 0 Å². The molecule has 102 valence electrons. The molecule has 1 aromatic carbocycles. The van der Waals surface area contributed by atoms with Gasteiger partial charge in [-0.05, 0) is 18.6 Å². The van der Waals surface area contributed by atoms with Crippen molar-refractivity contribution in [3.8, 4) is 11.3 Å². The molecule has 0 aliphatic rings. The summed E-state index contributed by atoms with van der Waals surface area (Å²) in [5.41, 5.74) is 1.93. The van der Waals surface area contributed by atoms with E-state index in [1.807, 2.05) is 30.3 Å². The van der Waals surface area contributed by atoms with E-state index in [0.717, 1.165) is 28.2 Å². The second-order valence-electron chi connectivity index (χ2n) is 4.57. The van der Waals surface area contributed by atoms with Crippen molar-refractivity contribution in [2.75, 3.05) is 11.9 Å². The fourth-order valence-corrected chi connectivity index (χ4v) is 2.14. The van der Waals surface area contributed by atoms with Crippen molar-refractivity contribution in [2.45, 2.75) is 32.6 Å². The zero-order valence-corrected chi connectivity index (χ0v) is 12.7. The third-order valence-electron chi connectivity index (χ3n) is 2.98. The van der Waals surface area contributed by atoms with Crippen molar-refractivity contribution < 1.29 is 4.52 Å². The molecule has 0 fully saturated rings. The maximum atomic E-state index is 5.28. The van der Waals surface area contributed by atoms with E-state index < -0.39 is 0 Å². The Kier molecular flexibility index (Phi) is 5.45. The Balaban J connectivity index is 1.86. The molecule has 19 heavy (non-hydrogen) atoms. The van der Waals surface area contributed by atoms with Crippen LogP contribution in [0.15, 0.2) is 39.3 Å². The molecular weight excluding hydrogens is 304 g/mol. The standard InChI is InChI=1S/C15H19BrN2O/c1-2-3-4-5-10-17-15-11-14(18-19-15)12-6-8-13(16)9-7-12/h6-9,11,17H,2-5,10H2,1H3. The minimum atomic E-state index is 0.745. The first kappa shape index (κ1) is 14.1. The summed E-state index contributed by atoms with van der Waals surface area (Å²) in [7, 11) is 0. The minimum absolute atomic E-state index is 0.745. The van der Waals surface area contributed by atoms with Gasteiger partial charge in [0.2, 0.25) is 5.88 Å². The Morgan fingerprint density at radius 3 is 2.68 bits per heavy atom. The monoisotopic (exact) mass is 322 g/mol. The molecule has 4 heteroatoms. The van der Waals surface area contributed by atoms with Gasteiger partial charge < -0.3 is 9.84 Å². The molecule has 0 spiro atoms. The number of halogens is 1. The zero-order chi connectivity index (χ0) is 13.5. The molecule has 0 aliphatic carbocycles. The van der Waals surface area contributed by atoms with Crippen LogP contribution < -0.4 is 5.32 Å². The fraction of sp³-hybridized carbons (Fsp3) is 0.400. The second kappa shape index (κ2) is 7.34. The van der Waals surface area contributed by atoms with Crippen LogP contribution in [0.25, 0.3) is 11.3 Å². The summed E-state index contributed by atoms with van der Waals surface area (Å²) < 4.78 is 6.35. The largest absolute Gasteiger partial charge is 0.354 e.